The van der Waals surface area contributed by atoms with Crippen LogP contribution in [0.4, 0.5) is 11.7 Å². The minimum absolute atomic E-state index is 0.00448. The Hall–Kier alpha value is -1.72. The standard InChI is InChI=1S/C11H17N3O3/c1-16-11(15)8-9(12)17-14-10(8)13-7-5-3-2-4-6-7/h7H,2-6,12H2,1H3,(H,13,14). The topological polar surface area (TPSA) is 90.4 Å². The second-order valence-electron chi connectivity index (χ2n) is 4.24. The molecule has 1 saturated carbocycles. The summed E-state index contributed by atoms with van der Waals surface area (Å²) < 4.78 is 9.47. The van der Waals surface area contributed by atoms with Crippen LogP contribution in [0.3, 0.4) is 0 Å². The van der Waals surface area contributed by atoms with Crippen molar-refractivity contribution in [2.24, 2.45) is 0 Å². The maximum absolute atomic E-state index is 11.5. The molecule has 0 atom stereocenters. The second-order valence-corrected chi connectivity index (χ2v) is 4.24. The van der Waals surface area contributed by atoms with Crippen LogP contribution in [0.5, 0.6) is 0 Å². The highest BCUT2D eigenvalue weighted by Crippen LogP contribution is 2.26. The third-order valence-corrected chi connectivity index (χ3v) is 3.05. The van der Waals surface area contributed by atoms with E-state index in [1.54, 1.807) is 0 Å². The van der Waals surface area contributed by atoms with Crippen molar-refractivity contribution in [2.45, 2.75) is 38.1 Å². The van der Waals surface area contributed by atoms with E-state index < -0.39 is 5.97 Å². The van der Waals surface area contributed by atoms with Crippen LogP contribution in [-0.4, -0.2) is 24.3 Å². The number of rotatable bonds is 3. The first-order chi connectivity index (χ1) is 8.22. The van der Waals surface area contributed by atoms with E-state index in [4.69, 9.17) is 10.3 Å². The molecule has 6 heteroatoms. The van der Waals surface area contributed by atoms with Gasteiger partial charge in [-0.15, -0.1) is 0 Å². The van der Waals surface area contributed by atoms with Crippen molar-refractivity contribution in [3.05, 3.63) is 5.56 Å². The Bertz CT molecular complexity index is 397. The number of carbonyl (C=O) groups excluding carboxylic acids is 1. The number of nitrogens with two attached hydrogens (primary N) is 1. The smallest absolute Gasteiger partial charge is 0.347 e. The highest BCUT2D eigenvalue weighted by molar-refractivity contribution is 5.98. The number of aromatic nitrogens is 1. The van der Waals surface area contributed by atoms with Crippen molar-refractivity contribution < 1.29 is 14.1 Å². The molecule has 0 aliphatic heterocycles. The van der Waals surface area contributed by atoms with Crippen LogP contribution in [0.15, 0.2) is 4.52 Å². The summed E-state index contributed by atoms with van der Waals surface area (Å²) in [4.78, 5) is 11.5. The molecule has 17 heavy (non-hydrogen) atoms. The van der Waals surface area contributed by atoms with E-state index in [2.05, 4.69) is 15.2 Å². The van der Waals surface area contributed by atoms with Crippen molar-refractivity contribution in [3.8, 4) is 0 Å². The van der Waals surface area contributed by atoms with Gasteiger partial charge >= 0.3 is 5.97 Å². The van der Waals surface area contributed by atoms with Crippen LogP contribution in [0.1, 0.15) is 42.5 Å². The molecule has 1 aromatic rings. The van der Waals surface area contributed by atoms with E-state index in [9.17, 15) is 4.79 Å². The Balaban J connectivity index is 2.12. The van der Waals surface area contributed by atoms with E-state index in [1.807, 2.05) is 0 Å². The first-order valence-electron chi connectivity index (χ1n) is 5.82. The van der Waals surface area contributed by atoms with Crippen LogP contribution in [-0.2, 0) is 4.74 Å². The quantitative estimate of drug-likeness (QED) is 0.781. The Morgan fingerprint density at radius 3 is 2.82 bits per heavy atom. The Labute approximate surface area is 99.5 Å². The van der Waals surface area contributed by atoms with Crippen molar-refractivity contribution in [2.75, 3.05) is 18.2 Å². The van der Waals surface area contributed by atoms with Crippen molar-refractivity contribution in [3.63, 3.8) is 0 Å². The van der Waals surface area contributed by atoms with E-state index in [0.717, 1.165) is 12.8 Å². The first-order valence-corrected chi connectivity index (χ1v) is 5.82. The van der Waals surface area contributed by atoms with Crippen LogP contribution in [0.2, 0.25) is 0 Å². The molecule has 0 bridgehead atoms. The number of nitrogens with zero attached hydrogens (tertiary/aromatic N) is 1. The van der Waals surface area contributed by atoms with E-state index in [1.165, 1.54) is 26.4 Å². The maximum Gasteiger partial charge on any atom is 0.347 e. The Morgan fingerprint density at radius 2 is 2.18 bits per heavy atom. The zero-order valence-electron chi connectivity index (χ0n) is 9.86. The van der Waals surface area contributed by atoms with Crippen molar-refractivity contribution in [1.29, 1.82) is 0 Å². The molecule has 2 rings (SSSR count). The molecule has 0 saturated heterocycles. The average molecular weight is 239 g/mol. The van der Waals surface area contributed by atoms with Gasteiger partial charge in [0, 0.05) is 6.04 Å². The molecule has 1 aromatic heterocycles. The zero-order valence-corrected chi connectivity index (χ0v) is 9.86. The summed E-state index contributed by atoms with van der Waals surface area (Å²) in [5, 5.41) is 6.97. The van der Waals surface area contributed by atoms with Crippen LogP contribution in [0.25, 0.3) is 0 Å². The summed E-state index contributed by atoms with van der Waals surface area (Å²) in [5.41, 5.74) is 5.75. The molecule has 0 amide bonds. The predicted molar refractivity (Wildman–Crippen MR) is 62.8 cm³/mol. The predicted octanol–water partition coefficient (Wildman–Crippen LogP) is 1.79. The molecular formula is C11H17N3O3. The van der Waals surface area contributed by atoms with Gasteiger partial charge in [0.2, 0.25) is 5.88 Å². The molecule has 0 radical (unpaired) electrons. The first kappa shape index (κ1) is 11.8. The van der Waals surface area contributed by atoms with Gasteiger partial charge in [-0.3, -0.25) is 0 Å². The normalized spacial score (nSPS) is 16.8. The molecule has 3 N–H and O–H groups in total. The number of hydrogen-bond donors (Lipinski definition) is 2. The van der Waals surface area contributed by atoms with Gasteiger partial charge in [-0.05, 0) is 12.8 Å². The maximum atomic E-state index is 11.5. The summed E-state index contributed by atoms with van der Waals surface area (Å²) in [5.74, 6) is -0.140. The van der Waals surface area contributed by atoms with Gasteiger partial charge in [-0.2, -0.15) is 0 Å². The second kappa shape index (κ2) is 5.07. The number of carbonyl (C=O) groups is 1. The molecule has 6 nitrogen and oxygen atoms in total. The van der Waals surface area contributed by atoms with Gasteiger partial charge in [0.15, 0.2) is 11.4 Å². The molecule has 1 fully saturated rings. The number of esters is 1. The lowest BCUT2D eigenvalue weighted by atomic mass is 9.95. The Kier molecular flexibility index (Phi) is 3.51. The third kappa shape index (κ3) is 2.51. The minimum atomic E-state index is -0.526. The summed E-state index contributed by atoms with van der Waals surface area (Å²) >= 11 is 0. The molecular weight excluding hydrogens is 222 g/mol. The van der Waals surface area contributed by atoms with Crippen molar-refractivity contribution >= 4 is 17.7 Å². The number of hydrogen-bond acceptors (Lipinski definition) is 6. The number of methoxy groups -OCH3 is 1. The van der Waals surface area contributed by atoms with Gasteiger partial charge in [0.05, 0.1) is 7.11 Å². The fraction of sp³-hybridized carbons (Fsp3) is 0.636. The summed E-state index contributed by atoms with van der Waals surface area (Å²) in [6.45, 7) is 0. The molecule has 1 aliphatic rings. The Morgan fingerprint density at radius 1 is 1.47 bits per heavy atom. The number of anilines is 2. The SMILES string of the molecule is COC(=O)c1c(NC2CCCCC2)noc1N. The van der Waals surface area contributed by atoms with Crippen LogP contribution < -0.4 is 11.1 Å². The largest absolute Gasteiger partial charge is 0.465 e. The highest BCUT2D eigenvalue weighted by atomic mass is 16.5. The van der Waals surface area contributed by atoms with Crippen LogP contribution >= 0.6 is 0 Å². The lowest BCUT2D eigenvalue weighted by molar-refractivity contribution is 0.0602. The van der Waals surface area contributed by atoms with Gasteiger partial charge in [0.1, 0.15) is 0 Å². The molecule has 94 valence electrons. The summed E-state index contributed by atoms with van der Waals surface area (Å²) in [6.07, 6.45) is 5.81. The minimum Gasteiger partial charge on any atom is -0.465 e. The number of nitrogen functional groups attached to an aromatic ring is 1. The van der Waals surface area contributed by atoms with Gasteiger partial charge in [-0.25, -0.2) is 4.79 Å². The summed E-state index contributed by atoms with van der Waals surface area (Å²) in [7, 11) is 1.30. The molecule has 0 unspecified atom stereocenters. The lowest BCUT2D eigenvalue weighted by Crippen LogP contribution is -2.23. The molecule has 0 spiro atoms. The lowest BCUT2D eigenvalue weighted by Gasteiger charge is -2.22. The third-order valence-electron chi connectivity index (χ3n) is 3.05. The average Bonchev–Trinajstić information content (AvgIpc) is 2.71. The van der Waals surface area contributed by atoms with E-state index >= 15 is 0 Å². The van der Waals surface area contributed by atoms with E-state index in [-0.39, 0.29) is 11.4 Å². The highest BCUT2D eigenvalue weighted by Gasteiger charge is 2.24. The van der Waals surface area contributed by atoms with Gasteiger partial charge in [-0.1, -0.05) is 24.4 Å². The number of ether oxygens (including phenoxy) is 1. The zero-order chi connectivity index (χ0) is 12.3. The van der Waals surface area contributed by atoms with E-state index in [0.29, 0.717) is 11.9 Å². The monoisotopic (exact) mass is 239 g/mol. The number of nitrogens with one attached hydrogen (secondary N) is 1. The van der Waals surface area contributed by atoms with Gasteiger partial charge < -0.3 is 20.3 Å². The van der Waals surface area contributed by atoms with Gasteiger partial charge in [0.25, 0.3) is 0 Å². The molecule has 1 heterocycles. The molecule has 0 aromatic carbocycles. The molecule has 1 aliphatic carbocycles. The van der Waals surface area contributed by atoms with Crippen molar-refractivity contribution in [1.82, 2.24) is 5.16 Å². The fourth-order valence-corrected chi connectivity index (χ4v) is 2.14. The fourth-order valence-electron chi connectivity index (χ4n) is 2.14. The van der Waals surface area contributed by atoms with Crippen LogP contribution in [0, 0.1) is 0 Å². The summed E-state index contributed by atoms with van der Waals surface area (Å²) in [6, 6.07) is 0.330.